The molecule has 230 valence electrons. The van der Waals surface area contributed by atoms with Crippen LogP contribution in [0.1, 0.15) is 46.3 Å². The van der Waals surface area contributed by atoms with Gasteiger partial charge in [-0.15, -0.1) is 22.7 Å². The number of aliphatic hydroxyl groups is 2. The van der Waals surface area contributed by atoms with Gasteiger partial charge in [-0.25, -0.2) is 9.97 Å². The summed E-state index contributed by atoms with van der Waals surface area (Å²) in [5.74, 6) is -0.442. The van der Waals surface area contributed by atoms with Crippen LogP contribution in [-0.2, 0) is 32.4 Å². The van der Waals surface area contributed by atoms with E-state index in [9.17, 15) is 19.8 Å². The molecular weight excluding hydrogens is 641 g/mol. The normalized spacial score (nSPS) is 15.2. The monoisotopic (exact) mass is 671 g/mol. The Morgan fingerprint density at radius 2 is 1.39 bits per heavy atom. The van der Waals surface area contributed by atoms with Crippen LogP contribution in [-0.4, -0.2) is 81.1 Å². The van der Waals surface area contributed by atoms with E-state index in [1.807, 2.05) is 24.3 Å². The number of aromatic nitrogens is 2. The fourth-order valence-corrected chi connectivity index (χ4v) is 8.27. The maximum absolute atomic E-state index is 13.3. The molecule has 2 aliphatic rings. The fourth-order valence-electron chi connectivity index (χ4n) is 5.56. The average Bonchev–Trinajstić information content (AvgIpc) is 3.64. The SMILES string of the molecule is O=C(Cc1cccc(-c2cccc(NC(=O)c3nc4c(s3)CN(CCO)CC4)c2Cl)c1Cl)c1nc2c(s1)CN(CCO)CC2. The quantitative estimate of drug-likeness (QED) is 0.203. The first-order valence-electron chi connectivity index (χ1n) is 14.4. The lowest BCUT2D eigenvalue weighted by atomic mass is 9.99. The third-order valence-electron chi connectivity index (χ3n) is 7.85. The molecule has 0 radical (unpaired) electrons. The molecule has 3 N–H and O–H groups in total. The van der Waals surface area contributed by atoms with E-state index in [1.165, 1.54) is 22.7 Å². The van der Waals surface area contributed by atoms with Crippen LogP contribution in [0.15, 0.2) is 36.4 Å². The van der Waals surface area contributed by atoms with E-state index in [1.54, 1.807) is 12.1 Å². The Morgan fingerprint density at radius 1 is 0.818 bits per heavy atom. The van der Waals surface area contributed by atoms with Crippen LogP contribution in [0.4, 0.5) is 5.69 Å². The Kier molecular flexibility index (Phi) is 9.74. The van der Waals surface area contributed by atoms with Crippen molar-refractivity contribution in [1.29, 1.82) is 0 Å². The maximum atomic E-state index is 13.3. The van der Waals surface area contributed by atoms with Crippen molar-refractivity contribution in [2.45, 2.75) is 32.4 Å². The van der Waals surface area contributed by atoms with E-state index in [2.05, 4.69) is 25.1 Å². The zero-order chi connectivity index (χ0) is 30.8. The minimum absolute atomic E-state index is 0.0952. The molecule has 0 saturated heterocycles. The second-order valence-electron chi connectivity index (χ2n) is 10.8. The summed E-state index contributed by atoms with van der Waals surface area (Å²) in [4.78, 5) is 42.1. The molecule has 0 aliphatic carbocycles. The third kappa shape index (κ3) is 6.61. The predicted octanol–water partition coefficient (Wildman–Crippen LogP) is 4.95. The molecule has 0 bridgehead atoms. The Hall–Kier alpha value is -2.74. The van der Waals surface area contributed by atoms with E-state index in [0.717, 1.165) is 47.1 Å². The highest BCUT2D eigenvalue weighted by molar-refractivity contribution is 7.14. The van der Waals surface area contributed by atoms with Crippen molar-refractivity contribution in [3.63, 3.8) is 0 Å². The molecule has 0 unspecified atom stereocenters. The van der Waals surface area contributed by atoms with Crippen LogP contribution in [0.3, 0.4) is 0 Å². The first kappa shape index (κ1) is 31.3. The lowest BCUT2D eigenvalue weighted by molar-refractivity contribution is 0.0990. The van der Waals surface area contributed by atoms with Crippen molar-refractivity contribution in [3.8, 4) is 11.1 Å². The number of anilines is 1. The van der Waals surface area contributed by atoms with Gasteiger partial charge in [0.1, 0.15) is 0 Å². The van der Waals surface area contributed by atoms with Crippen LogP contribution >= 0.6 is 45.9 Å². The summed E-state index contributed by atoms with van der Waals surface area (Å²) in [5, 5.41) is 23.0. The number of halogens is 2. The van der Waals surface area contributed by atoms with E-state index in [-0.39, 0.29) is 31.3 Å². The highest BCUT2D eigenvalue weighted by atomic mass is 35.5. The molecule has 13 heteroatoms. The standard InChI is InChI=1S/C31H31Cl2N5O4S2/c32-27-18(15-24(41)30-35-21-7-9-37(11-13-39)16-25(21)43-30)3-1-4-19(27)20-5-2-6-23(28(20)33)34-29(42)31-36-22-8-10-38(12-14-40)17-26(22)44-31/h1-6,39-40H,7-17H2,(H,34,42). The molecule has 0 fully saturated rings. The van der Waals surface area contributed by atoms with Crippen molar-refractivity contribution in [2.24, 2.45) is 0 Å². The number of benzene rings is 2. The van der Waals surface area contributed by atoms with Crippen molar-refractivity contribution >= 4 is 63.3 Å². The molecule has 4 heterocycles. The Labute approximate surface area is 273 Å². The maximum Gasteiger partial charge on any atom is 0.284 e. The molecule has 2 aromatic carbocycles. The summed E-state index contributed by atoms with van der Waals surface area (Å²) in [6, 6.07) is 10.9. The van der Waals surface area contributed by atoms with Gasteiger partial charge in [0.2, 0.25) is 0 Å². The van der Waals surface area contributed by atoms with E-state index in [4.69, 9.17) is 23.2 Å². The topological polar surface area (TPSA) is 119 Å². The van der Waals surface area contributed by atoms with Gasteiger partial charge in [-0.2, -0.15) is 0 Å². The minimum atomic E-state index is -0.340. The largest absolute Gasteiger partial charge is 0.395 e. The summed E-state index contributed by atoms with van der Waals surface area (Å²) in [6.07, 6.45) is 1.59. The van der Waals surface area contributed by atoms with Gasteiger partial charge >= 0.3 is 0 Å². The van der Waals surface area contributed by atoms with E-state index < -0.39 is 0 Å². The van der Waals surface area contributed by atoms with Gasteiger partial charge < -0.3 is 15.5 Å². The number of Topliss-reactive ketones (excluding diaryl/α,β-unsaturated/α-hetero) is 1. The zero-order valence-electron chi connectivity index (χ0n) is 23.8. The Morgan fingerprint density at radius 3 is 2.02 bits per heavy atom. The summed E-state index contributed by atoms with van der Waals surface area (Å²) >= 11 is 16.5. The predicted molar refractivity (Wildman–Crippen MR) is 174 cm³/mol. The third-order valence-corrected chi connectivity index (χ3v) is 10.9. The molecule has 0 spiro atoms. The minimum Gasteiger partial charge on any atom is -0.395 e. The lowest BCUT2D eigenvalue weighted by Gasteiger charge is -2.24. The highest BCUT2D eigenvalue weighted by Crippen LogP contribution is 2.39. The number of thiazole rings is 2. The zero-order valence-corrected chi connectivity index (χ0v) is 27.0. The van der Waals surface area contributed by atoms with Crippen LogP contribution in [0.5, 0.6) is 0 Å². The number of aliphatic hydroxyl groups excluding tert-OH is 2. The number of amides is 1. The Bertz CT molecular complexity index is 1580. The molecule has 44 heavy (non-hydrogen) atoms. The molecule has 6 rings (SSSR count). The number of carbonyl (C=O) groups is 2. The number of rotatable bonds is 10. The molecule has 4 aromatic rings. The number of nitrogens with zero attached hydrogens (tertiary/aromatic N) is 4. The number of fused-ring (bicyclic) bond motifs is 2. The van der Waals surface area contributed by atoms with E-state index >= 15 is 0 Å². The summed E-state index contributed by atoms with van der Waals surface area (Å²) < 4.78 is 0. The van der Waals surface area contributed by atoms with Crippen LogP contribution in [0.2, 0.25) is 10.0 Å². The number of carbonyl (C=O) groups excluding carboxylic acids is 2. The van der Waals surface area contributed by atoms with Gasteiger partial charge in [-0.05, 0) is 11.6 Å². The van der Waals surface area contributed by atoms with Gasteiger partial charge in [0, 0.05) is 79.4 Å². The summed E-state index contributed by atoms with van der Waals surface area (Å²) in [7, 11) is 0. The first-order valence-corrected chi connectivity index (χ1v) is 16.8. The molecular formula is C31H31Cl2N5O4S2. The summed E-state index contributed by atoms with van der Waals surface area (Å²) in [5.41, 5.74) is 4.28. The number of hydrogen-bond acceptors (Lipinski definition) is 10. The fraction of sp³-hybridized carbons (Fsp3) is 0.355. The molecule has 0 atom stereocenters. The van der Waals surface area contributed by atoms with Gasteiger partial charge in [-0.1, -0.05) is 53.5 Å². The molecule has 1 amide bonds. The first-order chi connectivity index (χ1) is 21.3. The number of nitrogens with one attached hydrogen (secondary N) is 1. The lowest BCUT2D eigenvalue weighted by Crippen LogP contribution is -2.32. The van der Waals surface area contributed by atoms with Crippen molar-refractivity contribution in [1.82, 2.24) is 19.8 Å². The number of ketones is 1. The van der Waals surface area contributed by atoms with Crippen molar-refractivity contribution in [2.75, 3.05) is 44.7 Å². The summed E-state index contributed by atoms with van der Waals surface area (Å²) in [6.45, 7) is 4.37. The van der Waals surface area contributed by atoms with Crippen LogP contribution in [0, 0.1) is 0 Å². The average molecular weight is 673 g/mol. The van der Waals surface area contributed by atoms with Gasteiger partial charge in [0.25, 0.3) is 5.91 Å². The smallest absolute Gasteiger partial charge is 0.284 e. The van der Waals surface area contributed by atoms with Gasteiger partial charge in [0.05, 0.1) is 40.3 Å². The van der Waals surface area contributed by atoms with Crippen LogP contribution in [0.25, 0.3) is 11.1 Å². The van der Waals surface area contributed by atoms with Gasteiger partial charge in [0.15, 0.2) is 15.8 Å². The number of β-amino-alcohol motifs (C(OH)–C–C–N with tert-alkyl or cyclic N) is 2. The van der Waals surface area contributed by atoms with E-state index in [0.29, 0.717) is 68.6 Å². The molecule has 2 aliphatic heterocycles. The highest BCUT2D eigenvalue weighted by Gasteiger charge is 2.25. The molecule has 0 saturated carbocycles. The second kappa shape index (κ2) is 13.7. The molecule has 9 nitrogen and oxygen atoms in total. The number of hydrogen-bond donors (Lipinski definition) is 3. The van der Waals surface area contributed by atoms with Crippen LogP contribution < -0.4 is 5.32 Å². The molecule has 2 aromatic heterocycles. The van der Waals surface area contributed by atoms with Gasteiger partial charge in [-0.3, -0.25) is 19.4 Å². The second-order valence-corrected chi connectivity index (χ2v) is 13.7. The van der Waals surface area contributed by atoms with Crippen molar-refractivity contribution in [3.05, 3.63) is 83.2 Å². The van der Waals surface area contributed by atoms with Crippen molar-refractivity contribution < 1.29 is 19.8 Å². The Balaban J connectivity index is 1.18.